The van der Waals surface area contributed by atoms with E-state index < -0.39 is 12.5 Å². The van der Waals surface area contributed by atoms with Crippen molar-refractivity contribution in [2.75, 3.05) is 19.7 Å². The normalized spacial score (nSPS) is 21.4. The van der Waals surface area contributed by atoms with Crippen LogP contribution in [0.5, 0.6) is 5.19 Å². The van der Waals surface area contributed by atoms with E-state index in [-0.39, 0.29) is 17.9 Å². The zero-order valence-corrected chi connectivity index (χ0v) is 20.8. The molecule has 0 saturated heterocycles. The number of Topliss-reactive ketones (excluding diaryl/α,β-unsaturated/α-hetero) is 1. The third-order valence-electron chi connectivity index (χ3n) is 6.97. The molecule has 0 radical (unpaired) electrons. The summed E-state index contributed by atoms with van der Waals surface area (Å²) in [6, 6.07) is 1.48. The van der Waals surface area contributed by atoms with Gasteiger partial charge < -0.3 is 4.74 Å². The van der Waals surface area contributed by atoms with Crippen LogP contribution in [0.3, 0.4) is 0 Å². The highest BCUT2D eigenvalue weighted by atomic mass is 32.1. The minimum Gasteiger partial charge on any atom is -0.464 e. The Hall–Kier alpha value is -2.07. The van der Waals surface area contributed by atoms with Crippen LogP contribution in [0.4, 0.5) is 8.78 Å². The number of ketones is 1. The van der Waals surface area contributed by atoms with Gasteiger partial charge in [-0.05, 0) is 44.1 Å². The average Bonchev–Trinajstić information content (AvgIpc) is 3.34. The minimum atomic E-state index is -2.86. The van der Waals surface area contributed by atoms with Crippen molar-refractivity contribution in [2.24, 2.45) is 18.9 Å². The van der Waals surface area contributed by atoms with Crippen molar-refractivity contribution in [3.05, 3.63) is 33.2 Å². The molecule has 188 valence electrons. The summed E-state index contributed by atoms with van der Waals surface area (Å²) in [5, 5.41) is 0.346. The van der Waals surface area contributed by atoms with Gasteiger partial charge >= 0.3 is 0 Å². The predicted octanol–water partition coefficient (Wildman–Crippen LogP) is 3.89. The highest BCUT2D eigenvalue weighted by Gasteiger charge is 2.27. The second-order valence-electron chi connectivity index (χ2n) is 9.94. The minimum absolute atomic E-state index is 0.130. The van der Waals surface area contributed by atoms with Gasteiger partial charge in [-0.15, -0.1) is 0 Å². The maximum atomic E-state index is 13.0. The Morgan fingerprint density at radius 2 is 2.00 bits per heavy atom. The molecule has 0 bridgehead atoms. The highest BCUT2D eigenvalue weighted by Crippen LogP contribution is 2.34. The molecule has 10 heteroatoms. The number of carbonyl (C=O) groups is 1. The summed E-state index contributed by atoms with van der Waals surface area (Å²) in [6.07, 6.45) is 8.66. The molecule has 2 aliphatic rings. The van der Waals surface area contributed by atoms with Gasteiger partial charge in [0.2, 0.25) is 0 Å². The summed E-state index contributed by atoms with van der Waals surface area (Å²) in [7, 11) is 1.78. The quantitative estimate of drug-likeness (QED) is 0.499. The van der Waals surface area contributed by atoms with Gasteiger partial charge in [-0.2, -0.15) is 0 Å². The second kappa shape index (κ2) is 10.7. The van der Waals surface area contributed by atoms with Gasteiger partial charge in [0.15, 0.2) is 12.4 Å². The van der Waals surface area contributed by atoms with E-state index >= 15 is 0 Å². The Labute approximate surface area is 202 Å². The monoisotopic (exact) mass is 496 g/mol. The maximum absolute atomic E-state index is 13.0. The number of aryl methyl sites for hydroxylation is 1. The van der Waals surface area contributed by atoms with Crippen LogP contribution in [0.15, 0.2) is 17.1 Å². The first-order chi connectivity index (χ1) is 16.2. The third kappa shape index (κ3) is 6.75. The Bertz CT molecular complexity index is 1030. The number of fused-ring (bicyclic) bond motifs is 1. The molecule has 2 aromatic rings. The summed E-state index contributed by atoms with van der Waals surface area (Å²) in [4.78, 5) is 32.2. The Kier molecular flexibility index (Phi) is 7.87. The Morgan fingerprint density at radius 1 is 1.26 bits per heavy atom. The summed E-state index contributed by atoms with van der Waals surface area (Å²) in [6.45, 7) is 3.08. The Balaban J connectivity index is 1.16. The van der Waals surface area contributed by atoms with E-state index in [4.69, 9.17) is 4.74 Å². The van der Waals surface area contributed by atoms with E-state index in [1.165, 1.54) is 22.1 Å². The van der Waals surface area contributed by atoms with Crippen LogP contribution in [0.2, 0.25) is 0 Å². The number of halogens is 2. The van der Waals surface area contributed by atoms with Crippen LogP contribution in [-0.4, -0.2) is 50.6 Å². The first kappa shape index (κ1) is 25.0. The number of carbonyl (C=O) groups excluding carboxylic acids is 1. The zero-order chi connectivity index (χ0) is 24.3. The molecule has 1 fully saturated rings. The molecule has 1 saturated carbocycles. The number of alkyl halides is 2. The summed E-state index contributed by atoms with van der Waals surface area (Å²) < 4.78 is 34.4. The number of nitrogens with zero attached hydrogens (tertiary/aromatic N) is 4. The second-order valence-corrected chi connectivity index (χ2v) is 11.0. The maximum Gasteiger partial charge on any atom is 0.278 e. The van der Waals surface area contributed by atoms with Crippen LogP contribution < -0.4 is 10.3 Å². The first-order valence-corrected chi connectivity index (χ1v) is 12.9. The molecule has 0 atom stereocenters. The lowest BCUT2D eigenvalue weighted by molar-refractivity contribution is -0.121. The fraction of sp³-hybridized carbons (Fsp3) is 0.708. The number of hydrogen-bond donors (Lipinski definition) is 0. The van der Waals surface area contributed by atoms with E-state index in [1.54, 1.807) is 17.9 Å². The van der Waals surface area contributed by atoms with Crippen molar-refractivity contribution >= 4 is 17.1 Å². The SMILES string of the molecule is Cn1ccc(=O)n1CC(=O)CC1CCC(CCN2CCc3sc(OCC(C)(F)F)nc3C2)CC1. The van der Waals surface area contributed by atoms with Crippen molar-refractivity contribution in [2.45, 2.75) is 70.9 Å². The number of ether oxygens (including phenoxy) is 1. The number of rotatable bonds is 10. The van der Waals surface area contributed by atoms with Gasteiger partial charge in [0.1, 0.15) is 6.54 Å². The topological polar surface area (TPSA) is 69.4 Å². The molecule has 4 rings (SSSR count). The van der Waals surface area contributed by atoms with Gasteiger partial charge in [-0.1, -0.05) is 24.2 Å². The highest BCUT2D eigenvalue weighted by molar-refractivity contribution is 7.13. The first-order valence-electron chi connectivity index (χ1n) is 12.1. The molecule has 0 aromatic carbocycles. The van der Waals surface area contributed by atoms with Crippen molar-refractivity contribution in [3.8, 4) is 5.19 Å². The zero-order valence-electron chi connectivity index (χ0n) is 20.0. The standard InChI is InChI=1S/C24H34F2N4O3S/c1-24(25,26)16-33-23-27-20-15-29(12-8-21(20)34-23)11-7-17-3-5-18(6-4-17)13-19(31)14-30-22(32)9-10-28(30)2/h9-10,17-18H,3-8,11-16H2,1-2H3. The third-order valence-corrected chi connectivity index (χ3v) is 8.04. The van der Waals surface area contributed by atoms with Crippen molar-refractivity contribution in [3.63, 3.8) is 0 Å². The molecule has 2 aromatic heterocycles. The molecule has 7 nitrogen and oxygen atoms in total. The van der Waals surface area contributed by atoms with Crippen LogP contribution in [0, 0.1) is 11.8 Å². The van der Waals surface area contributed by atoms with E-state index in [2.05, 4.69) is 9.88 Å². The predicted molar refractivity (Wildman–Crippen MR) is 127 cm³/mol. The van der Waals surface area contributed by atoms with E-state index in [0.29, 0.717) is 23.5 Å². The molecule has 1 aliphatic carbocycles. The van der Waals surface area contributed by atoms with Gasteiger partial charge in [-0.25, -0.2) is 18.4 Å². The van der Waals surface area contributed by atoms with Gasteiger partial charge in [0.05, 0.1) is 5.69 Å². The number of aromatic nitrogens is 3. The molecule has 0 unspecified atom stereocenters. The summed E-state index contributed by atoms with van der Waals surface area (Å²) in [5.41, 5.74) is 0.832. The summed E-state index contributed by atoms with van der Waals surface area (Å²) >= 11 is 1.39. The fourth-order valence-electron chi connectivity index (χ4n) is 5.00. The number of hydrogen-bond acceptors (Lipinski definition) is 6. The molecule has 34 heavy (non-hydrogen) atoms. The van der Waals surface area contributed by atoms with Crippen LogP contribution in [-0.2, 0) is 31.4 Å². The Morgan fingerprint density at radius 3 is 2.68 bits per heavy atom. The lowest BCUT2D eigenvalue weighted by Gasteiger charge is -2.31. The smallest absolute Gasteiger partial charge is 0.278 e. The lowest BCUT2D eigenvalue weighted by Crippen LogP contribution is -2.32. The van der Waals surface area contributed by atoms with Gasteiger partial charge in [0, 0.05) is 50.6 Å². The fourth-order valence-corrected chi connectivity index (χ4v) is 5.90. The molecule has 3 heterocycles. The van der Waals surface area contributed by atoms with Crippen LogP contribution in [0.25, 0.3) is 0 Å². The lowest BCUT2D eigenvalue weighted by atomic mass is 9.78. The molecule has 0 spiro atoms. The average molecular weight is 497 g/mol. The van der Waals surface area contributed by atoms with Gasteiger partial charge in [0.25, 0.3) is 16.7 Å². The molecule has 1 aliphatic heterocycles. The largest absolute Gasteiger partial charge is 0.464 e. The number of thiazole rings is 1. The van der Waals surface area contributed by atoms with Crippen LogP contribution in [0.1, 0.15) is 56.0 Å². The van der Waals surface area contributed by atoms with E-state index in [9.17, 15) is 18.4 Å². The van der Waals surface area contributed by atoms with Gasteiger partial charge in [-0.3, -0.25) is 19.2 Å². The van der Waals surface area contributed by atoms with Crippen LogP contribution >= 0.6 is 11.3 Å². The van der Waals surface area contributed by atoms with Crippen molar-refractivity contribution in [1.29, 1.82) is 0 Å². The molecule has 0 N–H and O–H groups in total. The van der Waals surface area contributed by atoms with Crippen molar-refractivity contribution in [1.82, 2.24) is 19.2 Å². The van der Waals surface area contributed by atoms with E-state index in [0.717, 1.165) is 75.7 Å². The van der Waals surface area contributed by atoms with Crippen molar-refractivity contribution < 1.29 is 18.3 Å². The molecular weight excluding hydrogens is 462 g/mol. The summed E-state index contributed by atoms with van der Waals surface area (Å²) in [5.74, 6) is -1.64. The van der Waals surface area contributed by atoms with E-state index in [1.807, 2.05) is 0 Å². The molecular formula is C24H34F2N4O3S. The molecule has 0 amide bonds.